The molecule has 1 N–H and O–H groups in total. The van der Waals surface area contributed by atoms with Gasteiger partial charge < -0.3 is 33.5 Å². The summed E-state index contributed by atoms with van der Waals surface area (Å²) in [6, 6.07) is 3.14. The van der Waals surface area contributed by atoms with Crippen LogP contribution in [0.5, 0.6) is 34.5 Å². The van der Waals surface area contributed by atoms with E-state index in [2.05, 4.69) is 0 Å². The van der Waals surface area contributed by atoms with Gasteiger partial charge in [-0.3, -0.25) is 0 Å². The normalized spacial score (nSPS) is 12.3. The average molecular weight is 376 g/mol. The van der Waals surface area contributed by atoms with Crippen LogP contribution >= 0.6 is 0 Å². The average Bonchev–Trinajstić information content (AvgIpc) is 2.83. The molecular weight excluding hydrogens is 356 g/mol. The molecule has 0 aliphatic carbocycles. The number of hydrogen-bond donors (Lipinski definition) is 1. The number of benzene rings is 2. The van der Waals surface area contributed by atoms with Gasteiger partial charge in [0, 0.05) is 16.7 Å². The first-order chi connectivity index (χ1) is 13.0. The maximum absolute atomic E-state index is 12.6. The molecule has 0 amide bonds. The van der Waals surface area contributed by atoms with Crippen LogP contribution in [0.1, 0.15) is 15.9 Å². The van der Waals surface area contributed by atoms with E-state index in [0.29, 0.717) is 28.2 Å². The van der Waals surface area contributed by atoms with Gasteiger partial charge in [0.05, 0.1) is 41.1 Å². The number of esters is 1. The highest BCUT2D eigenvalue weighted by Gasteiger charge is 2.33. The predicted octanol–water partition coefficient (Wildman–Crippen LogP) is 2.77. The van der Waals surface area contributed by atoms with Crippen molar-refractivity contribution in [2.24, 2.45) is 0 Å². The molecule has 1 aliphatic rings. The molecule has 0 aromatic heterocycles. The zero-order valence-corrected chi connectivity index (χ0v) is 15.7. The largest absolute Gasteiger partial charge is 0.504 e. The Hall–Kier alpha value is -3.29. The van der Waals surface area contributed by atoms with E-state index in [4.69, 9.17) is 28.4 Å². The maximum atomic E-state index is 12.6. The summed E-state index contributed by atoms with van der Waals surface area (Å²) in [5.74, 6) is 0.479. The summed E-state index contributed by atoms with van der Waals surface area (Å²) in [5, 5.41) is 10.9. The van der Waals surface area contributed by atoms with Crippen LogP contribution < -0.4 is 23.7 Å². The van der Waals surface area contributed by atoms with Crippen molar-refractivity contribution in [3.05, 3.63) is 23.3 Å². The minimum Gasteiger partial charge on any atom is -0.504 e. The van der Waals surface area contributed by atoms with E-state index in [1.54, 1.807) is 6.07 Å². The molecule has 2 aromatic carbocycles. The Balaban J connectivity index is 2.48. The lowest BCUT2D eigenvalue weighted by molar-refractivity contribution is 0.0477. The molecule has 0 spiro atoms. The van der Waals surface area contributed by atoms with Crippen LogP contribution in [0.2, 0.25) is 0 Å². The smallest absolute Gasteiger partial charge is 0.339 e. The molecule has 0 unspecified atom stereocenters. The lowest BCUT2D eigenvalue weighted by atomic mass is 9.93. The highest BCUT2D eigenvalue weighted by Crippen LogP contribution is 2.54. The zero-order chi connectivity index (χ0) is 19.7. The Morgan fingerprint density at radius 1 is 0.815 bits per heavy atom. The number of cyclic esters (lactones) is 1. The summed E-state index contributed by atoms with van der Waals surface area (Å²) >= 11 is 0. The number of carbonyl (C=O) groups excluding carboxylic acids is 1. The van der Waals surface area contributed by atoms with E-state index in [-0.39, 0.29) is 35.2 Å². The molecule has 0 saturated carbocycles. The molecule has 0 bridgehead atoms. The van der Waals surface area contributed by atoms with Crippen LogP contribution in [0, 0.1) is 0 Å². The monoisotopic (exact) mass is 376 g/mol. The van der Waals surface area contributed by atoms with Gasteiger partial charge in [-0.2, -0.15) is 0 Å². The molecule has 8 heteroatoms. The second kappa shape index (κ2) is 7.14. The van der Waals surface area contributed by atoms with Gasteiger partial charge in [0.2, 0.25) is 11.5 Å². The number of fused-ring (bicyclic) bond motifs is 3. The minimum atomic E-state index is -0.585. The van der Waals surface area contributed by atoms with Crippen LogP contribution in [-0.2, 0) is 11.3 Å². The Kier molecular flexibility index (Phi) is 4.89. The summed E-state index contributed by atoms with van der Waals surface area (Å²) < 4.78 is 32.2. The van der Waals surface area contributed by atoms with Gasteiger partial charge in [-0.1, -0.05) is 0 Å². The fourth-order valence-corrected chi connectivity index (χ4v) is 3.21. The van der Waals surface area contributed by atoms with Gasteiger partial charge in [-0.25, -0.2) is 4.79 Å². The van der Waals surface area contributed by atoms with Crippen molar-refractivity contribution in [2.75, 3.05) is 35.5 Å². The molecule has 1 aliphatic heterocycles. The first-order valence-corrected chi connectivity index (χ1v) is 7.99. The fourth-order valence-electron chi connectivity index (χ4n) is 3.21. The van der Waals surface area contributed by atoms with Crippen LogP contribution in [0.3, 0.4) is 0 Å². The van der Waals surface area contributed by atoms with Gasteiger partial charge in [0.25, 0.3) is 0 Å². The van der Waals surface area contributed by atoms with Crippen molar-refractivity contribution in [2.45, 2.75) is 6.61 Å². The summed E-state index contributed by atoms with van der Waals surface area (Å²) in [6.45, 7) is -0.0649. The van der Waals surface area contributed by atoms with Crippen LogP contribution in [0.15, 0.2) is 12.1 Å². The van der Waals surface area contributed by atoms with E-state index < -0.39 is 5.97 Å². The van der Waals surface area contributed by atoms with E-state index >= 15 is 0 Å². The van der Waals surface area contributed by atoms with Gasteiger partial charge in [-0.05, 0) is 12.1 Å². The number of rotatable bonds is 5. The van der Waals surface area contributed by atoms with E-state index in [1.165, 1.54) is 41.6 Å². The molecule has 1 heterocycles. The van der Waals surface area contributed by atoms with E-state index in [1.807, 2.05) is 0 Å². The molecule has 27 heavy (non-hydrogen) atoms. The standard InChI is InChI=1S/C19H20O8/c1-22-11-6-9-8-27-19(21)10-7-12(23-2)17(25-4)18(26-5)14(10)13(9)15(20)16(11)24-3/h6-7,20H,8H2,1-5H3. The predicted molar refractivity (Wildman–Crippen MR) is 95.4 cm³/mol. The van der Waals surface area contributed by atoms with Crippen LogP contribution in [-0.4, -0.2) is 46.6 Å². The Morgan fingerprint density at radius 3 is 1.96 bits per heavy atom. The van der Waals surface area contributed by atoms with Gasteiger partial charge in [0.15, 0.2) is 23.0 Å². The SMILES string of the molecule is COc1cc2c(c(O)c1OC)-c1c(cc(OC)c(OC)c1OC)C(=O)OC2. The summed E-state index contributed by atoms with van der Waals surface area (Å²) in [6.07, 6.45) is 0. The van der Waals surface area contributed by atoms with Crippen LogP contribution in [0.25, 0.3) is 11.1 Å². The number of ether oxygens (including phenoxy) is 6. The third kappa shape index (κ3) is 2.73. The van der Waals surface area contributed by atoms with E-state index in [0.717, 1.165) is 0 Å². The molecule has 8 nitrogen and oxygen atoms in total. The summed E-state index contributed by atoms with van der Waals surface area (Å²) in [7, 11) is 7.21. The number of aromatic hydroxyl groups is 1. The third-order valence-corrected chi connectivity index (χ3v) is 4.38. The van der Waals surface area contributed by atoms with Gasteiger partial charge in [0.1, 0.15) is 6.61 Å². The van der Waals surface area contributed by atoms with Crippen molar-refractivity contribution < 1.29 is 38.3 Å². The number of hydrogen-bond acceptors (Lipinski definition) is 8. The third-order valence-electron chi connectivity index (χ3n) is 4.38. The van der Waals surface area contributed by atoms with Crippen LogP contribution in [0.4, 0.5) is 0 Å². The highest BCUT2D eigenvalue weighted by atomic mass is 16.5. The van der Waals surface area contributed by atoms with Crippen molar-refractivity contribution in [1.29, 1.82) is 0 Å². The van der Waals surface area contributed by atoms with Gasteiger partial charge >= 0.3 is 5.97 Å². The Labute approximate surface area is 156 Å². The lowest BCUT2D eigenvalue weighted by Gasteiger charge is -2.20. The Morgan fingerprint density at radius 2 is 1.41 bits per heavy atom. The molecule has 2 aromatic rings. The maximum Gasteiger partial charge on any atom is 0.339 e. The number of carbonyl (C=O) groups is 1. The fraction of sp³-hybridized carbons (Fsp3) is 0.316. The molecule has 144 valence electrons. The van der Waals surface area contributed by atoms with Crippen molar-refractivity contribution in [3.63, 3.8) is 0 Å². The minimum absolute atomic E-state index is 0.0649. The second-order valence-electron chi connectivity index (χ2n) is 5.64. The quantitative estimate of drug-likeness (QED) is 0.797. The number of phenols is 1. The second-order valence-corrected chi connectivity index (χ2v) is 5.64. The Bertz CT molecular complexity index is 904. The number of methoxy groups -OCH3 is 5. The molecular formula is C19H20O8. The molecule has 0 saturated heterocycles. The van der Waals surface area contributed by atoms with Crippen molar-refractivity contribution in [1.82, 2.24) is 0 Å². The van der Waals surface area contributed by atoms with E-state index in [9.17, 15) is 9.90 Å². The van der Waals surface area contributed by atoms with Crippen molar-refractivity contribution in [3.8, 4) is 45.6 Å². The summed E-state index contributed by atoms with van der Waals surface area (Å²) in [5.41, 5.74) is 1.37. The van der Waals surface area contributed by atoms with Crippen molar-refractivity contribution >= 4 is 5.97 Å². The molecule has 0 atom stereocenters. The van der Waals surface area contributed by atoms with Gasteiger partial charge in [-0.15, -0.1) is 0 Å². The highest BCUT2D eigenvalue weighted by molar-refractivity contribution is 6.04. The topological polar surface area (TPSA) is 92.7 Å². The molecule has 0 fully saturated rings. The summed E-state index contributed by atoms with van der Waals surface area (Å²) in [4.78, 5) is 12.6. The molecule has 3 rings (SSSR count). The zero-order valence-electron chi connectivity index (χ0n) is 15.7. The lowest BCUT2D eigenvalue weighted by Crippen LogP contribution is -2.06. The first-order valence-electron chi connectivity index (χ1n) is 7.99. The first kappa shape index (κ1) is 18.5. The number of phenolic OH excluding ortho intramolecular Hbond substituents is 1. The molecule has 0 radical (unpaired) electrons.